The standard InChI is InChI=1S/C17H21NO2S/c1-2-14-6-9-21-17(14)12-18-11-13-4-5-15-16(10-13)20-8-3-7-19-15/h4-6,9-10,18H,2-3,7-8,11-12H2,1H3. The molecule has 21 heavy (non-hydrogen) atoms. The number of nitrogens with one attached hydrogen (secondary N) is 1. The van der Waals surface area contributed by atoms with Gasteiger partial charge in [0.05, 0.1) is 13.2 Å². The number of thiophene rings is 1. The molecule has 0 aliphatic carbocycles. The zero-order chi connectivity index (χ0) is 14.5. The number of ether oxygens (including phenoxy) is 2. The van der Waals surface area contributed by atoms with Gasteiger partial charge in [-0.2, -0.15) is 0 Å². The Bertz CT molecular complexity index is 594. The van der Waals surface area contributed by atoms with Crippen LogP contribution in [0.5, 0.6) is 11.5 Å². The fourth-order valence-corrected chi connectivity index (χ4v) is 3.42. The molecule has 0 amide bonds. The first kappa shape index (κ1) is 14.4. The van der Waals surface area contributed by atoms with E-state index in [0.717, 1.165) is 50.6 Å². The Hall–Kier alpha value is -1.52. The van der Waals surface area contributed by atoms with Crippen LogP contribution in [0.3, 0.4) is 0 Å². The van der Waals surface area contributed by atoms with Crippen molar-refractivity contribution in [1.82, 2.24) is 5.32 Å². The van der Waals surface area contributed by atoms with E-state index in [2.05, 4.69) is 35.8 Å². The van der Waals surface area contributed by atoms with Crippen LogP contribution in [0.25, 0.3) is 0 Å². The van der Waals surface area contributed by atoms with E-state index >= 15 is 0 Å². The SMILES string of the molecule is CCc1ccsc1CNCc1ccc2c(c1)OCCCO2. The van der Waals surface area contributed by atoms with E-state index in [1.165, 1.54) is 16.0 Å². The third kappa shape index (κ3) is 3.57. The maximum absolute atomic E-state index is 5.73. The van der Waals surface area contributed by atoms with Crippen molar-refractivity contribution in [2.24, 2.45) is 0 Å². The number of hydrogen-bond acceptors (Lipinski definition) is 4. The van der Waals surface area contributed by atoms with Gasteiger partial charge in [0.15, 0.2) is 11.5 Å². The van der Waals surface area contributed by atoms with Crippen molar-refractivity contribution < 1.29 is 9.47 Å². The predicted octanol–water partition coefficient (Wildman–Crippen LogP) is 3.76. The van der Waals surface area contributed by atoms with E-state index < -0.39 is 0 Å². The largest absolute Gasteiger partial charge is 0.490 e. The summed E-state index contributed by atoms with van der Waals surface area (Å²) in [5.41, 5.74) is 2.68. The second-order valence-electron chi connectivity index (χ2n) is 5.16. The van der Waals surface area contributed by atoms with Crippen molar-refractivity contribution >= 4 is 11.3 Å². The van der Waals surface area contributed by atoms with Gasteiger partial charge in [0, 0.05) is 24.4 Å². The quantitative estimate of drug-likeness (QED) is 0.912. The second-order valence-corrected chi connectivity index (χ2v) is 6.16. The van der Waals surface area contributed by atoms with E-state index in [1.54, 1.807) is 0 Å². The Kier molecular flexibility index (Phi) is 4.78. The van der Waals surface area contributed by atoms with Crippen LogP contribution in [-0.2, 0) is 19.5 Å². The minimum atomic E-state index is 0.735. The van der Waals surface area contributed by atoms with Gasteiger partial charge in [0.1, 0.15) is 0 Å². The summed E-state index contributed by atoms with van der Waals surface area (Å²) in [5, 5.41) is 5.69. The van der Waals surface area contributed by atoms with E-state index in [4.69, 9.17) is 9.47 Å². The van der Waals surface area contributed by atoms with E-state index in [9.17, 15) is 0 Å². The highest BCUT2D eigenvalue weighted by molar-refractivity contribution is 7.10. The molecule has 0 saturated carbocycles. The zero-order valence-corrected chi connectivity index (χ0v) is 13.2. The summed E-state index contributed by atoms with van der Waals surface area (Å²) in [6.45, 7) is 5.45. The van der Waals surface area contributed by atoms with Crippen LogP contribution in [0.1, 0.15) is 29.3 Å². The van der Waals surface area contributed by atoms with Crippen LogP contribution in [0.15, 0.2) is 29.6 Å². The topological polar surface area (TPSA) is 30.5 Å². The molecule has 1 aliphatic rings. The molecule has 0 atom stereocenters. The van der Waals surface area contributed by atoms with Crippen LogP contribution in [0.4, 0.5) is 0 Å². The van der Waals surface area contributed by atoms with Gasteiger partial charge < -0.3 is 14.8 Å². The van der Waals surface area contributed by atoms with Crippen molar-refractivity contribution in [3.05, 3.63) is 45.6 Å². The summed E-state index contributed by atoms with van der Waals surface area (Å²) in [6.07, 6.45) is 2.05. The molecule has 3 rings (SSSR count). The van der Waals surface area contributed by atoms with Gasteiger partial charge in [-0.15, -0.1) is 11.3 Å². The lowest BCUT2D eigenvalue weighted by Crippen LogP contribution is -2.12. The summed E-state index contributed by atoms with van der Waals surface area (Å²) >= 11 is 1.83. The van der Waals surface area contributed by atoms with Crippen LogP contribution >= 0.6 is 11.3 Å². The molecule has 0 bridgehead atoms. The molecule has 112 valence electrons. The Morgan fingerprint density at radius 1 is 1.10 bits per heavy atom. The Balaban J connectivity index is 1.59. The van der Waals surface area contributed by atoms with Gasteiger partial charge >= 0.3 is 0 Å². The first-order chi connectivity index (χ1) is 10.4. The molecule has 4 heteroatoms. The number of fused-ring (bicyclic) bond motifs is 1. The Morgan fingerprint density at radius 3 is 2.81 bits per heavy atom. The highest BCUT2D eigenvalue weighted by Crippen LogP contribution is 2.30. The van der Waals surface area contributed by atoms with Crippen molar-refractivity contribution in [1.29, 1.82) is 0 Å². The number of hydrogen-bond donors (Lipinski definition) is 1. The molecular weight excluding hydrogens is 282 g/mol. The highest BCUT2D eigenvalue weighted by Gasteiger charge is 2.10. The van der Waals surface area contributed by atoms with Crippen LogP contribution in [0, 0.1) is 0 Å². The summed E-state index contributed by atoms with van der Waals surface area (Å²) in [7, 11) is 0. The van der Waals surface area contributed by atoms with Gasteiger partial charge in [-0.05, 0) is 41.1 Å². The fraction of sp³-hybridized carbons (Fsp3) is 0.412. The molecule has 3 nitrogen and oxygen atoms in total. The van der Waals surface area contributed by atoms with Crippen molar-refractivity contribution in [3.8, 4) is 11.5 Å². The molecule has 0 unspecified atom stereocenters. The molecule has 0 fully saturated rings. The van der Waals surface area contributed by atoms with E-state index in [-0.39, 0.29) is 0 Å². The average Bonchev–Trinajstić information content (AvgIpc) is 2.83. The molecule has 2 aromatic rings. The second kappa shape index (κ2) is 6.96. The highest BCUT2D eigenvalue weighted by atomic mass is 32.1. The third-order valence-corrected chi connectivity index (χ3v) is 4.61. The predicted molar refractivity (Wildman–Crippen MR) is 86.3 cm³/mol. The molecule has 0 radical (unpaired) electrons. The first-order valence-electron chi connectivity index (χ1n) is 7.51. The molecule has 1 N–H and O–H groups in total. The summed E-state index contributed by atoms with van der Waals surface area (Å²) in [5.74, 6) is 1.74. The smallest absolute Gasteiger partial charge is 0.161 e. The van der Waals surface area contributed by atoms with Crippen LogP contribution in [-0.4, -0.2) is 13.2 Å². The molecule has 0 spiro atoms. The lowest BCUT2D eigenvalue weighted by molar-refractivity contribution is 0.297. The van der Waals surface area contributed by atoms with Gasteiger partial charge in [0.2, 0.25) is 0 Å². The maximum Gasteiger partial charge on any atom is 0.161 e. The number of benzene rings is 1. The van der Waals surface area contributed by atoms with Gasteiger partial charge in [-0.3, -0.25) is 0 Å². The molecule has 1 aromatic carbocycles. The van der Waals surface area contributed by atoms with E-state index in [1.807, 2.05) is 17.4 Å². The Morgan fingerprint density at radius 2 is 1.95 bits per heavy atom. The van der Waals surface area contributed by atoms with E-state index in [0.29, 0.717) is 0 Å². The minimum Gasteiger partial charge on any atom is -0.490 e. The fourth-order valence-electron chi connectivity index (χ4n) is 2.48. The molecular formula is C17H21NO2S. The molecule has 2 heterocycles. The first-order valence-corrected chi connectivity index (χ1v) is 8.39. The molecule has 1 aromatic heterocycles. The van der Waals surface area contributed by atoms with Gasteiger partial charge in [0.25, 0.3) is 0 Å². The van der Waals surface area contributed by atoms with Gasteiger partial charge in [-0.25, -0.2) is 0 Å². The van der Waals surface area contributed by atoms with Crippen molar-refractivity contribution in [3.63, 3.8) is 0 Å². The average molecular weight is 303 g/mol. The Labute approximate surface area is 129 Å². The maximum atomic E-state index is 5.73. The van der Waals surface area contributed by atoms with Gasteiger partial charge in [-0.1, -0.05) is 13.0 Å². The normalized spacial score (nSPS) is 14.0. The van der Waals surface area contributed by atoms with Crippen molar-refractivity contribution in [2.75, 3.05) is 13.2 Å². The van der Waals surface area contributed by atoms with Crippen LogP contribution < -0.4 is 14.8 Å². The summed E-state index contributed by atoms with van der Waals surface area (Å²) < 4.78 is 11.4. The summed E-state index contributed by atoms with van der Waals surface area (Å²) in [6, 6.07) is 8.42. The number of rotatable bonds is 5. The lowest BCUT2D eigenvalue weighted by Gasteiger charge is -2.10. The minimum absolute atomic E-state index is 0.735. The lowest BCUT2D eigenvalue weighted by atomic mass is 10.2. The molecule has 0 saturated heterocycles. The third-order valence-electron chi connectivity index (χ3n) is 3.65. The molecule has 1 aliphatic heterocycles. The zero-order valence-electron chi connectivity index (χ0n) is 12.4. The number of aryl methyl sites for hydroxylation is 1. The summed E-state index contributed by atoms with van der Waals surface area (Å²) in [4.78, 5) is 1.44. The van der Waals surface area contributed by atoms with Crippen molar-refractivity contribution in [2.45, 2.75) is 32.9 Å². The van der Waals surface area contributed by atoms with Crippen LogP contribution in [0.2, 0.25) is 0 Å². The monoisotopic (exact) mass is 303 g/mol.